The Bertz CT molecular complexity index is 2690. The first-order valence-corrected chi connectivity index (χ1v) is 26.5. The number of ether oxygens (including phenoxy) is 11. The maximum absolute atomic E-state index is 13.4. The molecule has 3 aromatic carbocycles. The van der Waals surface area contributed by atoms with Gasteiger partial charge in [0, 0.05) is 37.8 Å². The molecule has 0 saturated heterocycles. The van der Waals surface area contributed by atoms with Crippen molar-refractivity contribution in [2.75, 3.05) is 46.8 Å². The number of esters is 11. The van der Waals surface area contributed by atoms with Gasteiger partial charge in [-0.3, -0.25) is 38.4 Å². The average molecular weight is 1130 g/mol. The van der Waals surface area contributed by atoms with Gasteiger partial charge in [0.1, 0.15) is 55.0 Å². The molecule has 0 unspecified atom stereocenters. The fourth-order valence-corrected chi connectivity index (χ4v) is 8.45. The lowest BCUT2D eigenvalue weighted by molar-refractivity contribution is -0.152. The normalized spacial score (nSPS) is 16.4. The first kappa shape index (κ1) is 63.1. The summed E-state index contributed by atoms with van der Waals surface area (Å²) < 4.78 is 57.2. The largest absolute Gasteiger partial charge is 0.465 e. The van der Waals surface area contributed by atoms with E-state index in [4.69, 9.17) is 52.1 Å². The topological polar surface area (TPSA) is 289 Å². The van der Waals surface area contributed by atoms with Crippen LogP contribution in [0.5, 0.6) is 23.0 Å². The van der Waals surface area contributed by atoms with E-state index >= 15 is 0 Å². The second-order valence-electron chi connectivity index (χ2n) is 18.7. The summed E-state index contributed by atoms with van der Waals surface area (Å²) in [7, 11) is 1.15. The van der Waals surface area contributed by atoms with Gasteiger partial charge in [0.15, 0.2) is 0 Å². The maximum Gasteiger partial charge on any atom is 0.341 e. The highest BCUT2D eigenvalue weighted by Gasteiger charge is 2.35. The molecule has 0 amide bonds. The zero-order valence-corrected chi connectivity index (χ0v) is 45.1. The third-order valence-corrected chi connectivity index (χ3v) is 13.0. The van der Waals surface area contributed by atoms with Crippen LogP contribution in [0.2, 0.25) is 0 Å². The van der Waals surface area contributed by atoms with Gasteiger partial charge in [0.05, 0.1) is 56.8 Å². The molecular weight excluding hydrogens is 1060 g/mol. The van der Waals surface area contributed by atoms with E-state index in [-0.39, 0.29) is 88.8 Å². The Morgan fingerprint density at radius 3 is 1.14 bits per heavy atom. The van der Waals surface area contributed by atoms with Crippen molar-refractivity contribution in [3.05, 3.63) is 109 Å². The average Bonchev–Trinajstić information content (AvgIpc) is 3.53. The molecule has 0 aliphatic heterocycles. The highest BCUT2D eigenvalue weighted by Crippen LogP contribution is 2.35. The molecule has 0 aromatic heterocycles. The molecule has 5 rings (SSSR count). The van der Waals surface area contributed by atoms with Crippen LogP contribution in [-0.4, -0.2) is 112 Å². The lowest BCUT2D eigenvalue weighted by Gasteiger charge is -2.26. The summed E-state index contributed by atoms with van der Waals surface area (Å²) in [6.45, 7) is 6.21. The molecule has 0 heterocycles. The van der Waals surface area contributed by atoms with Gasteiger partial charge in [-0.15, -0.1) is 0 Å². The van der Waals surface area contributed by atoms with Crippen LogP contribution in [0.4, 0.5) is 0 Å². The summed E-state index contributed by atoms with van der Waals surface area (Å²) >= 11 is 0. The van der Waals surface area contributed by atoms with E-state index in [1.54, 1.807) is 48.5 Å². The summed E-state index contributed by atoms with van der Waals surface area (Å²) in [5.74, 6) is -7.87. The summed E-state index contributed by atoms with van der Waals surface area (Å²) in [5, 5.41) is 0. The minimum absolute atomic E-state index is 0.000884. The highest BCUT2D eigenvalue weighted by atomic mass is 16.6. The fourth-order valence-electron chi connectivity index (χ4n) is 8.45. The number of carbonyl (C=O) groups is 11. The summed E-state index contributed by atoms with van der Waals surface area (Å²) in [4.78, 5) is 135. The molecule has 2 fully saturated rings. The van der Waals surface area contributed by atoms with E-state index in [9.17, 15) is 52.7 Å². The molecule has 0 bridgehead atoms. The molecule has 0 radical (unpaired) electrons. The monoisotopic (exact) mass is 1130 g/mol. The van der Waals surface area contributed by atoms with Crippen molar-refractivity contribution in [1.82, 2.24) is 0 Å². The van der Waals surface area contributed by atoms with E-state index < -0.39 is 89.3 Å². The first-order valence-electron chi connectivity index (χ1n) is 26.5. The van der Waals surface area contributed by atoms with Gasteiger partial charge in [0.25, 0.3) is 0 Å². The Morgan fingerprint density at radius 1 is 0.420 bits per heavy atom. The van der Waals surface area contributed by atoms with E-state index in [0.717, 1.165) is 30.4 Å². The molecule has 0 N–H and O–H groups in total. The molecule has 0 atom stereocenters. The van der Waals surface area contributed by atoms with Crippen LogP contribution in [0.3, 0.4) is 0 Å². The number of rotatable bonds is 30. The lowest BCUT2D eigenvalue weighted by atomic mass is 9.82. The predicted molar refractivity (Wildman–Crippen MR) is 281 cm³/mol. The van der Waals surface area contributed by atoms with Crippen molar-refractivity contribution in [3.63, 3.8) is 0 Å². The minimum atomic E-state index is -0.834. The number of carbonyl (C=O) groups excluding carboxylic acids is 11. The van der Waals surface area contributed by atoms with Crippen LogP contribution in [-0.2, 0) is 93.9 Å². The van der Waals surface area contributed by atoms with Crippen LogP contribution >= 0.6 is 0 Å². The van der Waals surface area contributed by atoms with E-state index in [0.29, 0.717) is 75.7 Å². The maximum atomic E-state index is 13.4. The van der Waals surface area contributed by atoms with Crippen molar-refractivity contribution < 1.29 is 105 Å². The van der Waals surface area contributed by atoms with Crippen LogP contribution in [0.25, 0.3) is 0 Å². The Balaban J connectivity index is 0.958. The molecular formula is C59H66O22. The highest BCUT2D eigenvalue weighted by molar-refractivity contribution is 5.94. The Morgan fingerprint density at radius 2 is 0.753 bits per heavy atom. The van der Waals surface area contributed by atoms with Gasteiger partial charge in [-0.05, 0) is 111 Å². The summed E-state index contributed by atoms with van der Waals surface area (Å²) in [5.41, 5.74) is 1.49. The van der Waals surface area contributed by atoms with E-state index in [2.05, 4.69) is 13.2 Å². The van der Waals surface area contributed by atoms with E-state index in [1.807, 2.05) is 0 Å². The summed E-state index contributed by atoms with van der Waals surface area (Å²) in [6, 6.07) is 17.4. The third-order valence-electron chi connectivity index (χ3n) is 13.0. The first-order chi connectivity index (χ1) is 39.0. The van der Waals surface area contributed by atoms with Crippen molar-refractivity contribution in [1.29, 1.82) is 0 Å². The quantitative estimate of drug-likeness (QED) is 0.0218. The van der Waals surface area contributed by atoms with Gasteiger partial charge in [-0.2, -0.15) is 0 Å². The number of hydrogen-bond donors (Lipinski definition) is 0. The van der Waals surface area contributed by atoms with Crippen molar-refractivity contribution in [2.24, 2.45) is 23.7 Å². The molecule has 0 spiro atoms. The third kappa shape index (κ3) is 22.5. The van der Waals surface area contributed by atoms with Crippen molar-refractivity contribution in [3.8, 4) is 23.0 Å². The van der Waals surface area contributed by atoms with Gasteiger partial charge in [-0.25, -0.2) is 14.4 Å². The molecule has 22 nitrogen and oxygen atoms in total. The Labute approximate surface area is 467 Å². The smallest absolute Gasteiger partial charge is 0.341 e. The molecule has 434 valence electrons. The molecule has 2 aliphatic rings. The standard InChI is InChI=1S/C59H66O22/c1-4-49(60)74-33-35-76-52(63)8-6-7-51(62)72-31-29-38-9-21-44(22-10-38)78-55(66)40-13-15-42(16-14-40)57(68)80-46-25-26-48(47(37-46)59(70)71-3)81-58(69)43-19-17-41(18-20-43)56(67)79-45-23-11-39(12-24-45)30-32-73-53(64)27-28-54(65)77-36-34-75-50(61)5-2/h4-5,9-12,21-26,37,40-43H,1-2,6-8,13-20,27-36H2,3H3. The van der Waals surface area contributed by atoms with Gasteiger partial charge in [0.2, 0.25) is 0 Å². The van der Waals surface area contributed by atoms with Crippen molar-refractivity contribution in [2.45, 2.75) is 96.3 Å². The van der Waals surface area contributed by atoms with Gasteiger partial charge < -0.3 is 52.1 Å². The molecule has 22 heteroatoms. The lowest BCUT2D eigenvalue weighted by Crippen LogP contribution is -2.31. The Kier molecular flexibility index (Phi) is 26.3. The van der Waals surface area contributed by atoms with Crippen LogP contribution < -0.4 is 18.9 Å². The molecule has 2 saturated carbocycles. The number of benzene rings is 3. The van der Waals surface area contributed by atoms with Gasteiger partial charge >= 0.3 is 65.7 Å². The van der Waals surface area contributed by atoms with E-state index in [1.165, 1.54) is 18.2 Å². The zero-order chi connectivity index (χ0) is 58.5. The molecule has 2 aliphatic carbocycles. The number of methoxy groups -OCH3 is 1. The zero-order valence-electron chi connectivity index (χ0n) is 45.1. The predicted octanol–water partition coefficient (Wildman–Crippen LogP) is 6.77. The SMILES string of the molecule is C=CC(=O)OCCOC(=O)CCCC(=O)OCCc1ccc(OC(=O)C2CCC(C(=O)Oc3ccc(OC(=O)C4CCC(C(=O)Oc5ccc(CCOC(=O)CCC(=O)OCCOC(=O)C=C)cc5)CC4)c(C(=O)OC)c3)CC2)cc1. The second-order valence-corrected chi connectivity index (χ2v) is 18.7. The molecule has 81 heavy (non-hydrogen) atoms. The minimum Gasteiger partial charge on any atom is -0.465 e. The second kappa shape index (κ2) is 33.7. The fraction of sp³-hybridized carbons (Fsp3) is 0.441. The number of hydrogen-bond acceptors (Lipinski definition) is 22. The molecule has 3 aromatic rings. The Hall–Kier alpha value is -8.69. The van der Waals surface area contributed by atoms with Crippen molar-refractivity contribution >= 4 is 65.7 Å². The van der Waals surface area contributed by atoms with Crippen LogP contribution in [0.1, 0.15) is 105 Å². The van der Waals surface area contributed by atoms with Crippen LogP contribution in [0.15, 0.2) is 92.0 Å². The van der Waals surface area contributed by atoms with Gasteiger partial charge in [-0.1, -0.05) is 37.4 Å². The summed E-state index contributed by atoms with van der Waals surface area (Å²) in [6.07, 6.45) is 5.38. The van der Waals surface area contributed by atoms with Crippen LogP contribution in [0, 0.1) is 23.7 Å².